The van der Waals surface area contributed by atoms with Gasteiger partial charge in [-0.2, -0.15) is 0 Å². The van der Waals surface area contributed by atoms with Crippen molar-refractivity contribution in [2.75, 3.05) is 6.61 Å². The van der Waals surface area contributed by atoms with Crippen LogP contribution in [0.3, 0.4) is 0 Å². The lowest BCUT2D eigenvalue weighted by Crippen LogP contribution is -2.58. The molecule has 0 radical (unpaired) electrons. The zero-order chi connectivity index (χ0) is 7.84. The van der Waals surface area contributed by atoms with Gasteiger partial charge in [0.1, 0.15) is 0 Å². The Morgan fingerprint density at radius 3 is 2.33 bits per heavy atom. The molecular formula is C9H18ClNO. The molecule has 2 saturated carbocycles. The fraction of sp³-hybridized carbons (Fsp3) is 1.00. The maximum Gasteiger partial charge on any atom is 0.0476 e. The molecule has 0 aromatic carbocycles. The van der Waals surface area contributed by atoms with Crippen LogP contribution in [0.5, 0.6) is 0 Å². The van der Waals surface area contributed by atoms with Gasteiger partial charge in [0.25, 0.3) is 0 Å². The van der Waals surface area contributed by atoms with Crippen LogP contribution in [-0.4, -0.2) is 17.8 Å². The Hall–Kier alpha value is 0.210. The minimum atomic E-state index is 0. The molecule has 0 saturated heterocycles. The van der Waals surface area contributed by atoms with Crippen LogP contribution in [-0.2, 0) is 0 Å². The number of halogens is 1. The summed E-state index contributed by atoms with van der Waals surface area (Å²) in [5.41, 5.74) is 5.93. The maximum absolute atomic E-state index is 9.02. The summed E-state index contributed by atoms with van der Waals surface area (Å²) >= 11 is 0. The topological polar surface area (TPSA) is 46.2 Å². The monoisotopic (exact) mass is 191 g/mol. The number of aliphatic hydroxyl groups is 1. The summed E-state index contributed by atoms with van der Waals surface area (Å²) in [6, 6.07) is 0.310. The van der Waals surface area contributed by atoms with E-state index in [1.54, 1.807) is 0 Å². The minimum Gasteiger partial charge on any atom is -0.396 e. The van der Waals surface area contributed by atoms with E-state index in [1.165, 1.54) is 25.7 Å². The van der Waals surface area contributed by atoms with Crippen molar-refractivity contribution in [3.05, 3.63) is 0 Å². The van der Waals surface area contributed by atoms with E-state index in [0.29, 0.717) is 18.6 Å². The third-order valence-corrected chi connectivity index (χ3v) is 3.62. The van der Waals surface area contributed by atoms with Crippen molar-refractivity contribution >= 4 is 12.4 Å². The summed E-state index contributed by atoms with van der Waals surface area (Å²) in [7, 11) is 0. The van der Waals surface area contributed by atoms with Crippen LogP contribution in [0.4, 0.5) is 0 Å². The summed E-state index contributed by atoms with van der Waals surface area (Å²) in [5.74, 6) is 1.95. The predicted octanol–water partition coefficient (Wildman–Crippen LogP) is 1.16. The second-order valence-corrected chi connectivity index (χ2v) is 4.04. The second kappa shape index (κ2) is 3.95. The van der Waals surface area contributed by atoms with Gasteiger partial charge < -0.3 is 10.8 Å². The normalized spacial score (nSPS) is 45.5. The first-order valence-corrected chi connectivity index (χ1v) is 4.71. The molecule has 2 rings (SSSR count). The molecule has 0 amide bonds. The van der Waals surface area contributed by atoms with E-state index in [4.69, 9.17) is 10.8 Å². The molecule has 0 bridgehead atoms. The molecule has 0 aromatic heterocycles. The van der Waals surface area contributed by atoms with E-state index in [9.17, 15) is 0 Å². The van der Waals surface area contributed by atoms with Crippen molar-refractivity contribution in [3.8, 4) is 0 Å². The number of nitrogens with two attached hydrogens (primary N) is 1. The van der Waals surface area contributed by atoms with Gasteiger partial charge in [-0.05, 0) is 24.7 Å². The first-order chi connectivity index (χ1) is 5.34. The van der Waals surface area contributed by atoms with Crippen molar-refractivity contribution in [1.29, 1.82) is 0 Å². The zero-order valence-electron chi connectivity index (χ0n) is 7.28. The van der Waals surface area contributed by atoms with E-state index in [-0.39, 0.29) is 12.4 Å². The second-order valence-electron chi connectivity index (χ2n) is 4.04. The summed E-state index contributed by atoms with van der Waals surface area (Å²) in [4.78, 5) is 0. The SMILES string of the molecule is Cl.N[C@@H]1[C@@H](CO)[C@H]2CCCC[C@@H]12. The average molecular weight is 192 g/mol. The van der Waals surface area contributed by atoms with Crippen LogP contribution < -0.4 is 5.73 Å². The molecule has 4 atom stereocenters. The van der Waals surface area contributed by atoms with Crippen LogP contribution in [0.1, 0.15) is 25.7 Å². The number of rotatable bonds is 1. The van der Waals surface area contributed by atoms with Crippen LogP contribution in [0, 0.1) is 17.8 Å². The number of aliphatic hydroxyl groups excluding tert-OH is 1. The molecule has 0 heterocycles. The zero-order valence-corrected chi connectivity index (χ0v) is 8.09. The molecular weight excluding hydrogens is 174 g/mol. The molecule has 3 N–H and O–H groups in total. The smallest absolute Gasteiger partial charge is 0.0476 e. The van der Waals surface area contributed by atoms with E-state index in [1.807, 2.05) is 0 Å². The summed E-state index contributed by atoms with van der Waals surface area (Å²) in [6.45, 7) is 0.308. The highest BCUT2D eigenvalue weighted by molar-refractivity contribution is 5.85. The van der Waals surface area contributed by atoms with Gasteiger partial charge in [-0.3, -0.25) is 0 Å². The molecule has 0 aromatic rings. The van der Waals surface area contributed by atoms with Gasteiger partial charge in [0.2, 0.25) is 0 Å². The average Bonchev–Trinajstić information content (AvgIpc) is 2.05. The molecule has 12 heavy (non-hydrogen) atoms. The predicted molar refractivity (Wildman–Crippen MR) is 51.2 cm³/mol. The van der Waals surface area contributed by atoms with Gasteiger partial charge in [0, 0.05) is 18.6 Å². The van der Waals surface area contributed by atoms with Crippen molar-refractivity contribution in [2.45, 2.75) is 31.7 Å². The Labute approximate surface area is 79.9 Å². The van der Waals surface area contributed by atoms with Gasteiger partial charge in [-0.15, -0.1) is 12.4 Å². The quantitative estimate of drug-likeness (QED) is 0.654. The molecule has 0 spiro atoms. The number of hydrogen-bond donors (Lipinski definition) is 2. The molecule has 2 aliphatic carbocycles. The fourth-order valence-electron chi connectivity index (χ4n) is 2.91. The third kappa shape index (κ3) is 1.36. The Morgan fingerprint density at radius 2 is 1.75 bits per heavy atom. The lowest BCUT2D eigenvalue weighted by atomic mass is 9.56. The van der Waals surface area contributed by atoms with Crippen LogP contribution in [0.25, 0.3) is 0 Å². The summed E-state index contributed by atoms with van der Waals surface area (Å²) in [5, 5.41) is 9.02. The highest BCUT2D eigenvalue weighted by Crippen LogP contribution is 2.47. The molecule has 3 heteroatoms. The van der Waals surface area contributed by atoms with Gasteiger partial charge in [0.15, 0.2) is 0 Å². The third-order valence-electron chi connectivity index (χ3n) is 3.62. The lowest BCUT2D eigenvalue weighted by Gasteiger charge is -2.52. The highest BCUT2D eigenvalue weighted by Gasteiger charge is 2.48. The summed E-state index contributed by atoms with van der Waals surface area (Å²) in [6.07, 6.45) is 5.32. The van der Waals surface area contributed by atoms with Crippen LogP contribution in [0.2, 0.25) is 0 Å². The largest absolute Gasteiger partial charge is 0.396 e. The molecule has 2 aliphatic rings. The van der Waals surface area contributed by atoms with E-state index >= 15 is 0 Å². The molecule has 2 fully saturated rings. The number of fused-ring (bicyclic) bond motifs is 1. The van der Waals surface area contributed by atoms with Crippen molar-refractivity contribution < 1.29 is 5.11 Å². The lowest BCUT2D eigenvalue weighted by molar-refractivity contribution is -0.0320. The Bertz CT molecular complexity index is 147. The first-order valence-electron chi connectivity index (χ1n) is 4.71. The van der Waals surface area contributed by atoms with E-state index in [0.717, 1.165) is 11.8 Å². The van der Waals surface area contributed by atoms with Crippen molar-refractivity contribution in [1.82, 2.24) is 0 Å². The van der Waals surface area contributed by atoms with E-state index in [2.05, 4.69) is 0 Å². The van der Waals surface area contributed by atoms with Gasteiger partial charge in [-0.25, -0.2) is 0 Å². The molecule has 0 unspecified atom stereocenters. The van der Waals surface area contributed by atoms with Crippen LogP contribution in [0.15, 0.2) is 0 Å². The Morgan fingerprint density at radius 1 is 1.17 bits per heavy atom. The van der Waals surface area contributed by atoms with Gasteiger partial charge in [0.05, 0.1) is 0 Å². The standard InChI is InChI=1S/C9H17NO.ClH/c10-9-7-4-2-1-3-6(7)8(9)5-11;/h6-9,11H,1-5,10H2;1H/t6-,7+,8-,9-;/m0./s1. The molecule has 2 nitrogen and oxygen atoms in total. The fourth-order valence-corrected chi connectivity index (χ4v) is 2.91. The molecule has 72 valence electrons. The van der Waals surface area contributed by atoms with Gasteiger partial charge in [-0.1, -0.05) is 12.8 Å². The Kier molecular flexibility index (Phi) is 3.38. The maximum atomic E-state index is 9.02. The Balaban J connectivity index is 0.000000720. The van der Waals surface area contributed by atoms with Gasteiger partial charge >= 0.3 is 0 Å². The molecule has 0 aliphatic heterocycles. The van der Waals surface area contributed by atoms with E-state index < -0.39 is 0 Å². The summed E-state index contributed by atoms with van der Waals surface area (Å²) < 4.78 is 0. The highest BCUT2D eigenvalue weighted by atomic mass is 35.5. The van der Waals surface area contributed by atoms with Crippen molar-refractivity contribution in [2.24, 2.45) is 23.5 Å². The van der Waals surface area contributed by atoms with Crippen molar-refractivity contribution in [3.63, 3.8) is 0 Å². The number of hydrogen-bond acceptors (Lipinski definition) is 2. The van der Waals surface area contributed by atoms with Crippen LogP contribution >= 0.6 is 12.4 Å². The minimum absolute atomic E-state index is 0. The first kappa shape index (κ1) is 10.3.